The maximum absolute atomic E-state index is 12.3. The van der Waals surface area contributed by atoms with E-state index in [1.807, 2.05) is 36.6 Å². The molecule has 31 heavy (non-hydrogen) atoms. The molecule has 0 aliphatic carbocycles. The second-order valence-electron chi connectivity index (χ2n) is 6.60. The number of rotatable bonds is 10. The van der Waals surface area contributed by atoms with E-state index in [0.717, 1.165) is 16.3 Å². The highest BCUT2D eigenvalue weighted by Crippen LogP contribution is 2.21. The van der Waals surface area contributed by atoms with Crippen molar-refractivity contribution >= 4 is 34.9 Å². The molecule has 8 heteroatoms. The molecule has 7 nitrogen and oxygen atoms in total. The smallest absolute Gasteiger partial charge is 0.248 e. The first-order valence-corrected chi connectivity index (χ1v) is 10.5. The standard InChI is InChI=1S/C23H23N3O4S/c1-16-25-19(15-31-16)14-30-21-5-3-2-4-17(21)6-11-23(28)26-18-7-9-20(10-8-18)29-13-12-22(24)27/h2-11,15H,12-14H2,1H3,(H2,24,27)(H,26,28). The lowest BCUT2D eigenvalue weighted by molar-refractivity contribution is -0.118. The summed E-state index contributed by atoms with van der Waals surface area (Å²) in [6.45, 7) is 2.54. The zero-order valence-corrected chi connectivity index (χ0v) is 17.9. The van der Waals surface area contributed by atoms with Crippen LogP contribution in [0.4, 0.5) is 5.69 Å². The Morgan fingerprint density at radius 3 is 2.61 bits per heavy atom. The van der Waals surface area contributed by atoms with Gasteiger partial charge in [0, 0.05) is 22.7 Å². The van der Waals surface area contributed by atoms with E-state index in [1.54, 1.807) is 41.7 Å². The topological polar surface area (TPSA) is 104 Å². The van der Waals surface area contributed by atoms with Crippen LogP contribution >= 0.6 is 11.3 Å². The minimum atomic E-state index is -0.416. The molecule has 160 valence electrons. The first-order valence-electron chi connectivity index (χ1n) is 9.62. The van der Waals surface area contributed by atoms with Crippen LogP contribution in [0.3, 0.4) is 0 Å². The summed E-state index contributed by atoms with van der Waals surface area (Å²) < 4.78 is 11.3. The van der Waals surface area contributed by atoms with Gasteiger partial charge in [0.25, 0.3) is 0 Å². The monoisotopic (exact) mass is 437 g/mol. The van der Waals surface area contributed by atoms with Crippen molar-refractivity contribution in [3.63, 3.8) is 0 Å². The van der Waals surface area contributed by atoms with Crippen LogP contribution in [0, 0.1) is 6.92 Å². The number of amides is 2. The molecule has 0 radical (unpaired) electrons. The Labute approximate surface area is 184 Å². The average Bonchev–Trinajstić information content (AvgIpc) is 3.17. The van der Waals surface area contributed by atoms with Crippen molar-refractivity contribution in [3.8, 4) is 11.5 Å². The summed E-state index contributed by atoms with van der Waals surface area (Å²) in [4.78, 5) is 27.4. The molecular weight excluding hydrogens is 414 g/mol. The molecule has 2 aromatic carbocycles. The van der Waals surface area contributed by atoms with Crippen molar-refractivity contribution < 1.29 is 19.1 Å². The Morgan fingerprint density at radius 1 is 1.13 bits per heavy atom. The molecule has 0 bridgehead atoms. The first-order chi connectivity index (χ1) is 15.0. The molecule has 0 unspecified atom stereocenters. The maximum Gasteiger partial charge on any atom is 0.248 e. The predicted octanol–water partition coefficient (Wildman–Crippen LogP) is 3.94. The molecule has 3 aromatic rings. The summed E-state index contributed by atoms with van der Waals surface area (Å²) in [7, 11) is 0. The number of thiazole rings is 1. The minimum Gasteiger partial charge on any atom is -0.493 e. The van der Waals surface area contributed by atoms with Gasteiger partial charge >= 0.3 is 0 Å². The zero-order valence-electron chi connectivity index (χ0n) is 17.0. The second kappa shape index (κ2) is 10.9. The fourth-order valence-electron chi connectivity index (χ4n) is 2.63. The van der Waals surface area contributed by atoms with E-state index in [2.05, 4.69) is 10.3 Å². The Hall–Kier alpha value is -3.65. The van der Waals surface area contributed by atoms with E-state index < -0.39 is 5.91 Å². The van der Waals surface area contributed by atoms with Crippen molar-refractivity contribution in [2.24, 2.45) is 5.73 Å². The number of aryl methyl sites for hydroxylation is 1. The normalized spacial score (nSPS) is 10.7. The Bertz CT molecular complexity index is 1060. The highest BCUT2D eigenvalue weighted by atomic mass is 32.1. The molecule has 1 heterocycles. The molecular formula is C23H23N3O4S. The van der Waals surface area contributed by atoms with Gasteiger partial charge in [-0.2, -0.15) is 0 Å². The number of hydrogen-bond donors (Lipinski definition) is 2. The number of carbonyl (C=O) groups excluding carboxylic acids is 2. The first kappa shape index (κ1) is 22.0. The van der Waals surface area contributed by atoms with Gasteiger partial charge in [-0.05, 0) is 43.3 Å². The van der Waals surface area contributed by atoms with Crippen LogP contribution in [0.2, 0.25) is 0 Å². The molecule has 0 saturated carbocycles. The van der Waals surface area contributed by atoms with Gasteiger partial charge in [0.15, 0.2) is 0 Å². The predicted molar refractivity (Wildman–Crippen MR) is 121 cm³/mol. The molecule has 0 spiro atoms. The average molecular weight is 438 g/mol. The van der Waals surface area contributed by atoms with Gasteiger partial charge in [0.1, 0.15) is 18.1 Å². The van der Waals surface area contributed by atoms with E-state index in [-0.39, 0.29) is 18.9 Å². The summed E-state index contributed by atoms with van der Waals surface area (Å²) in [5, 5.41) is 5.75. The number of benzene rings is 2. The lowest BCUT2D eigenvalue weighted by Gasteiger charge is -2.08. The number of para-hydroxylation sites is 1. The quantitative estimate of drug-likeness (QED) is 0.468. The van der Waals surface area contributed by atoms with Crippen LogP contribution in [-0.4, -0.2) is 23.4 Å². The Balaban J connectivity index is 1.54. The van der Waals surface area contributed by atoms with Crippen LogP contribution in [0.15, 0.2) is 60.0 Å². The van der Waals surface area contributed by atoms with Gasteiger partial charge in [-0.15, -0.1) is 11.3 Å². The van der Waals surface area contributed by atoms with Gasteiger partial charge in [0.05, 0.1) is 23.7 Å². The minimum absolute atomic E-state index is 0.151. The Kier molecular flexibility index (Phi) is 7.78. The molecule has 3 rings (SSSR count). The molecule has 0 atom stereocenters. The zero-order chi connectivity index (χ0) is 22.1. The van der Waals surface area contributed by atoms with Gasteiger partial charge in [-0.25, -0.2) is 4.98 Å². The third-order valence-corrected chi connectivity index (χ3v) is 4.94. The van der Waals surface area contributed by atoms with E-state index in [9.17, 15) is 9.59 Å². The van der Waals surface area contributed by atoms with Gasteiger partial charge in [-0.3, -0.25) is 9.59 Å². The van der Waals surface area contributed by atoms with Crippen molar-refractivity contribution in [2.45, 2.75) is 20.0 Å². The third kappa shape index (κ3) is 7.27. The Morgan fingerprint density at radius 2 is 1.90 bits per heavy atom. The number of anilines is 1. The summed E-state index contributed by atoms with van der Waals surface area (Å²) in [5.41, 5.74) is 7.37. The summed E-state index contributed by atoms with van der Waals surface area (Å²) in [6, 6.07) is 14.4. The molecule has 0 fully saturated rings. The van der Waals surface area contributed by atoms with Crippen molar-refractivity contribution in [2.75, 3.05) is 11.9 Å². The van der Waals surface area contributed by atoms with Crippen molar-refractivity contribution in [1.82, 2.24) is 4.98 Å². The number of primary amides is 1. The molecule has 3 N–H and O–H groups in total. The second-order valence-corrected chi connectivity index (χ2v) is 7.66. The van der Waals surface area contributed by atoms with E-state index in [1.165, 1.54) is 6.08 Å². The largest absolute Gasteiger partial charge is 0.493 e. The van der Waals surface area contributed by atoms with Crippen LogP contribution in [0.5, 0.6) is 11.5 Å². The fourth-order valence-corrected chi connectivity index (χ4v) is 3.23. The van der Waals surface area contributed by atoms with Crippen LogP contribution in [-0.2, 0) is 16.2 Å². The lowest BCUT2D eigenvalue weighted by atomic mass is 10.2. The SMILES string of the molecule is Cc1nc(COc2ccccc2C=CC(=O)Nc2ccc(OCCC(N)=O)cc2)cs1. The number of nitrogens with two attached hydrogens (primary N) is 1. The summed E-state index contributed by atoms with van der Waals surface area (Å²) in [6.07, 6.45) is 3.31. The van der Waals surface area contributed by atoms with Gasteiger partial charge < -0.3 is 20.5 Å². The van der Waals surface area contributed by atoms with E-state index in [4.69, 9.17) is 15.2 Å². The molecule has 2 amide bonds. The van der Waals surface area contributed by atoms with Gasteiger partial charge in [-0.1, -0.05) is 18.2 Å². The number of ether oxygens (including phenoxy) is 2. The number of nitrogens with one attached hydrogen (secondary N) is 1. The number of hydrogen-bond acceptors (Lipinski definition) is 6. The van der Waals surface area contributed by atoms with E-state index >= 15 is 0 Å². The highest BCUT2D eigenvalue weighted by molar-refractivity contribution is 7.09. The summed E-state index contributed by atoms with van der Waals surface area (Å²) in [5.74, 6) is 0.582. The van der Waals surface area contributed by atoms with Crippen LogP contribution < -0.4 is 20.5 Å². The number of carbonyl (C=O) groups is 2. The summed E-state index contributed by atoms with van der Waals surface area (Å²) >= 11 is 1.58. The van der Waals surface area contributed by atoms with Crippen molar-refractivity contribution in [1.29, 1.82) is 0 Å². The molecule has 0 aliphatic heterocycles. The third-order valence-electron chi connectivity index (χ3n) is 4.11. The number of aromatic nitrogens is 1. The maximum atomic E-state index is 12.3. The van der Waals surface area contributed by atoms with Crippen LogP contribution in [0.1, 0.15) is 22.7 Å². The van der Waals surface area contributed by atoms with Crippen molar-refractivity contribution in [3.05, 3.63) is 76.3 Å². The molecule has 1 aromatic heterocycles. The lowest BCUT2D eigenvalue weighted by Crippen LogP contribution is -2.14. The van der Waals surface area contributed by atoms with Crippen LogP contribution in [0.25, 0.3) is 6.08 Å². The van der Waals surface area contributed by atoms with Gasteiger partial charge in [0.2, 0.25) is 11.8 Å². The fraction of sp³-hybridized carbons (Fsp3) is 0.174. The highest BCUT2D eigenvalue weighted by Gasteiger charge is 2.05. The van der Waals surface area contributed by atoms with E-state index in [0.29, 0.717) is 23.8 Å². The molecule has 0 saturated heterocycles. The molecule has 0 aliphatic rings. The number of nitrogens with zero attached hydrogens (tertiary/aromatic N) is 1.